The third kappa shape index (κ3) is 3.51. The van der Waals surface area contributed by atoms with Crippen LogP contribution in [-0.2, 0) is 6.54 Å². The Kier molecular flexibility index (Phi) is 4.63. The van der Waals surface area contributed by atoms with E-state index in [9.17, 15) is 5.11 Å². The van der Waals surface area contributed by atoms with E-state index in [1.54, 1.807) is 19.4 Å². The van der Waals surface area contributed by atoms with Crippen molar-refractivity contribution in [3.8, 4) is 11.5 Å². The van der Waals surface area contributed by atoms with E-state index < -0.39 is 0 Å². The molecule has 1 heterocycles. The van der Waals surface area contributed by atoms with Crippen molar-refractivity contribution in [1.82, 2.24) is 15.1 Å². The van der Waals surface area contributed by atoms with Crippen LogP contribution in [0.5, 0.6) is 11.5 Å². The minimum atomic E-state index is 0.160. The van der Waals surface area contributed by atoms with E-state index in [2.05, 4.69) is 24.3 Å². The fourth-order valence-corrected chi connectivity index (χ4v) is 2.23. The summed E-state index contributed by atoms with van der Waals surface area (Å²) in [6.07, 6.45) is 3.73. The zero-order valence-electron chi connectivity index (χ0n) is 12.1. The van der Waals surface area contributed by atoms with Crippen LogP contribution in [0.1, 0.15) is 25.5 Å². The summed E-state index contributed by atoms with van der Waals surface area (Å²) in [6.45, 7) is 5.02. The molecule has 0 aliphatic carbocycles. The van der Waals surface area contributed by atoms with Crippen LogP contribution in [0.3, 0.4) is 0 Å². The molecule has 0 saturated carbocycles. The number of phenolic OH excluding ortho intramolecular Hbond substituents is 1. The quantitative estimate of drug-likeness (QED) is 0.849. The molecule has 0 bridgehead atoms. The predicted octanol–water partition coefficient (Wildman–Crippen LogP) is 2.34. The Morgan fingerprint density at radius 1 is 1.40 bits per heavy atom. The second-order valence-electron chi connectivity index (χ2n) is 4.95. The molecule has 1 aromatic heterocycles. The van der Waals surface area contributed by atoms with E-state index in [1.165, 1.54) is 0 Å². The fraction of sp³-hybridized carbons (Fsp3) is 0.400. The molecule has 2 aromatic rings. The molecule has 0 amide bonds. The molecule has 1 aromatic carbocycles. The Hall–Kier alpha value is -2.01. The molecule has 0 radical (unpaired) electrons. The van der Waals surface area contributed by atoms with E-state index in [1.807, 2.05) is 29.1 Å². The molecule has 0 aliphatic rings. The van der Waals surface area contributed by atoms with Crippen LogP contribution in [0, 0.1) is 0 Å². The summed E-state index contributed by atoms with van der Waals surface area (Å²) in [6, 6.07) is 7.77. The van der Waals surface area contributed by atoms with Gasteiger partial charge in [-0.25, -0.2) is 0 Å². The predicted molar refractivity (Wildman–Crippen MR) is 77.9 cm³/mol. The van der Waals surface area contributed by atoms with Gasteiger partial charge in [0.15, 0.2) is 11.5 Å². The van der Waals surface area contributed by atoms with Crippen LogP contribution in [0.15, 0.2) is 36.7 Å². The number of benzene rings is 1. The number of nitrogens with one attached hydrogen (secondary N) is 1. The first kappa shape index (κ1) is 14.4. The highest BCUT2D eigenvalue weighted by atomic mass is 16.5. The molecular formula is C15H21N3O2. The lowest BCUT2D eigenvalue weighted by Gasteiger charge is -2.21. The van der Waals surface area contributed by atoms with Crippen molar-refractivity contribution in [2.45, 2.75) is 32.5 Å². The van der Waals surface area contributed by atoms with Gasteiger partial charge in [0.1, 0.15) is 0 Å². The highest BCUT2D eigenvalue weighted by molar-refractivity contribution is 5.42. The molecule has 0 spiro atoms. The minimum Gasteiger partial charge on any atom is -0.504 e. The van der Waals surface area contributed by atoms with Crippen molar-refractivity contribution < 1.29 is 9.84 Å². The van der Waals surface area contributed by atoms with Crippen LogP contribution in [0.4, 0.5) is 0 Å². The van der Waals surface area contributed by atoms with Crippen molar-refractivity contribution in [3.63, 3.8) is 0 Å². The highest BCUT2D eigenvalue weighted by Crippen LogP contribution is 2.28. The average molecular weight is 275 g/mol. The van der Waals surface area contributed by atoms with Gasteiger partial charge in [-0.1, -0.05) is 6.07 Å². The fourth-order valence-electron chi connectivity index (χ4n) is 2.23. The van der Waals surface area contributed by atoms with Crippen molar-refractivity contribution in [2.75, 3.05) is 7.11 Å². The van der Waals surface area contributed by atoms with E-state index >= 15 is 0 Å². The van der Waals surface area contributed by atoms with Crippen LogP contribution in [0.2, 0.25) is 0 Å². The number of hydrogen-bond acceptors (Lipinski definition) is 4. The standard InChI is InChI=1S/C15H21N3O2/c1-11(10-18-8-4-7-16-18)17-12(2)13-5-6-14(19)15(9-13)20-3/h4-9,11-12,17,19H,10H2,1-3H3. The lowest BCUT2D eigenvalue weighted by molar-refractivity contribution is 0.370. The molecule has 0 fully saturated rings. The SMILES string of the molecule is COc1cc(C(C)NC(C)Cn2cccn2)ccc1O. The lowest BCUT2D eigenvalue weighted by atomic mass is 10.1. The zero-order valence-corrected chi connectivity index (χ0v) is 12.1. The summed E-state index contributed by atoms with van der Waals surface area (Å²) in [5.41, 5.74) is 1.08. The number of hydrogen-bond donors (Lipinski definition) is 2. The molecule has 2 rings (SSSR count). The zero-order chi connectivity index (χ0) is 14.5. The minimum absolute atomic E-state index is 0.160. The number of aromatic nitrogens is 2. The van der Waals surface area contributed by atoms with Gasteiger partial charge in [0.25, 0.3) is 0 Å². The molecule has 108 valence electrons. The van der Waals surface area contributed by atoms with Gasteiger partial charge in [0.05, 0.1) is 13.7 Å². The molecule has 0 saturated heterocycles. The molecular weight excluding hydrogens is 254 g/mol. The molecule has 5 heteroatoms. The van der Waals surface area contributed by atoms with Gasteiger partial charge in [-0.3, -0.25) is 4.68 Å². The van der Waals surface area contributed by atoms with Gasteiger partial charge < -0.3 is 15.2 Å². The Labute approximate surface area is 119 Å². The van der Waals surface area contributed by atoms with Crippen LogP contribution >= 0.6 is 0 Å². The Bertz CT molecular complexity index is 540. The Morgan fingerprint density at radius 2 is 2.20 bits per heavy atom. The van der Waals surface area contributed by atoms with Crippen molar-refractivity contribution in [3.05, 3.63) is 42.2 Å². The van der Waals surface area contributed by atoms with Crippen LogP contribution in [0.25, 0.3) is 0 Å². The van der Waals surface area contributed by atoms with Gasteiger partial charge in [-0.2, -0.15) is 5.10 Å². The summed E-state index contributed by atoms with van der Waals surface area (Å²) < 4.78 is 7.04. The smallest absolute Gasteiger partial charge is 0.160 e. The van der Waals surface area contributed by atoms with E-state index in [4.69, 9.17) is 4.74 Å². The second-order valence-corrected chi connectivity index (χ2v) is 4.95. The largest absolute Gasteiger partial charge is 0.504 e. The van der Waals surface area contributed by atoms with Crippen molar-refractivity contribution in [1.29, 1.82) is 0 Å². The maximum absolute atomic E-state index is 9.61. The molecule has 2 unspecified atom stereocenters. The summed E-state index contributed by atoms with van der Waals surface area (Å²) in [4.78, 5) is 0. The summed E-state index contributed by atoms with van der Waals surface area (Å²) in [5, 5.41) is 17.3. The van der Waals surface area contributed by atoms with Gasteiger partial charge in [0, 0.05) is 24.5 Å². The number of aromatic hydroxyl groups is 1. The van der Waals surface area contributed by atoms with Gasteiger partial charge >= 0.3 is 0 Å². The molecule has 2 atom stereocenters. The number of rotatable bonds is 6. The van der Waals surface area contributed by atoms with Crippen LogP contribution in [-0.4, -0.2) is 28.0 Å². The average Bonchev–Trinajstić information content (AvgIpc) is 2.91. The summed E-state index contributed by atoms with van der Waals surface area (Å²) in [7, 11) is 1.55. The van der Waals surface area contributed by atoms with Crippen molar-refractivity contribution >= 4 is 0 Å². The Balaban J connectivity index is 1.98. The summed E-state index contributed by atoms with van der Waals surface area (Å²) in [5.74, 6) is 0.656. The monoisotopic (exact) mass is 275 g/mol. The lowest BCUT2D eigenvalue weighted by Crippen LogP contribution is -2.32. The first-order valence-electron chi connectivity index (χ1n) is 6.70. The molecule has 20 heavy (non-hydrogen) atoms. The number of phenols is 1. The second kappa shape index (κ2) is 6.43. The molecule has 2 N–H and O–H groups in total. The third-order valence-electron chi connectivity index (χ3n) is 3.26. The highest BCUT2D eigenvalue weighted by Gasteiger charge is 2.12. The summed E-state index contributed by atoms with van der Waals surface area (Å²) >= 11 is 0. The maximum Gasteiger partial charge on any atom is 0.160 e. The van der Waals surface area contributed by atoms with E-state index in [0.717, 1.165) is 12.1 Å². The number of nitrogens with zero attached hydrogens (tertiary/aromatic N) is 2. The first-order chi connectivity index (χ1) is 9.60. The Morgan fingerprint density at radius 3 is 2.85 bits per heavy atom. The van der Waals surface area contributed by atoms with Gasteiger partial charge in [0.2, 0.25) is 0 Å². The van der Waals surface area contributed by atoms with Crippen LogP contribution < -0.4 is 10.1 Å². The maximum atomic E-state index is 9.61. The third-order valence-corrected chi connectivity index (χ3v) is 3.26. The number of methoxy groups -OCH3 is 1. The number of ether oxygens (including phenoxy) is 1. The topological polar surface area (TPSA) is 59.3 Å². The van der Waals surface area contributed by atoms with Gasteiger partial charge in [-0.05, 0) is 37.6 Å². The molecule has 5 nitrogen and oxygen atoms in total. The van der Waals surface area contributed by atoms with Crippen molar-refractivity contribution in [2.24, 2.45) is 0 Å². The van der Waals surface area contributed by atoms with E-state index in [0.29, 0.717) is 5.75 Å². The first-order valence-corrected chi connectivity index (χ1v) is 6.70. The van der Waals surface area contributed by atoms with E-state index in [-0.39, 0.29) is 17.8 Å². The molecule has 0 aliphatic heterocycles. The normalized spacial score (nSPS) is 13.9. The van der Waals surface area contributed by atoms with Gasteiger partial charge in [-0.15, -0.1) is 0 Å².